The molecule has 0 saturated carbocycles. The van der Waals surface area contributed by atoms with Gasteiger partial charge < -0.3 is 9.72 Å². The van der Waals surface area contributed by atoms with Gasteiger partial charge in [-0.05, 0) is 25.0 Å². The Morgan fingerprint density at radius 1 is 1.25 bits per heavy atom. The van der Waals surface area contributed by atoms with E-state index in [4.69, 9.17) is 16.3 Å². The quantitative estimate of drug-likeness (QED) is 0.827. The molecule has 0 spiro atoms. The highest BCUT2D eigenvalue weighted by molar-refractivity contribution is 6.20. The van der Waals surface area contributed by atoms with Crippen molar-refractivity contribution < 1.29 is 4.74 Å². The highest BCUT2D eigenvalue weighted by Crippen LogP contribution is 2.33. The van der Waals surface area contributed by atoms with Gasteiger partial charge in [-0.3, -0.25) is 0 Å². The fourth-order valence-electron chi connectivity index (χ4n) is 2.03. The van der Waals surface area contributed by atoms with Crippen molar-refractivity contribution in [3.63, 3.8) is 0 Å². The van der Waals surface area contributed by atoms with Gasteiger partial charge in [-0.25, -0.2) is 4.98 Å². The molecule has 2 aromatic rings. The summed E-state index contributed by atoms with van der Waals surface area (Å²) in [6.07, 6.45) is 0. The van der Waals surface area contributed by atoms with Gasteiger partial charge >= 0.3 is 0 Å². The summed E-state index contributed by atoms with van der Waals surface area (Å²) in [5.41, 5.74) is 2.87. The molecule has 0 amide bonds. The van der Waals surface area contributed by atoms with Crippen molar-refractivity contribution in [2.24, 2.45) is 5.92 Å². The Balaban J connectivity index is 0.00000200. The van der Waals surface area contributed by atoms with E-state index in [-0.39, 0.29) is 17.8 Å². The number of hydrogen-bond donors (Lipinski definition) is 1. The highest BCUT2D eigenvalue weighted by atomic mass is 35.5. The molecule has 20 heavy (non-hydrogen) atoms. The van der Waals surface area contributed by atoms with Gasteiger partial charge in [-0.15, -0.1) is 24.0 Å². The van der Waals surface area contributed by atoms with E-state index < -0.39 is 0 Å². The molecule has 0 radical (unpaired) electrons. The third-order valence-electron chi connectivity index (χ3n) is 3.13. The number of hydrogen-bond acceptors (Lipinski definition) is 2. The van der Waals surface area contributed by atoms with Crippen molar-refractivity contribution in [1.29, 1.82) is 0 Å². The maximum atomic E-state index is 6.41. The zero-order chi connectivity index (χ0) is 14.0. The van der Waals surface area contributed by atoms with E-state index in [9.17, 15) is 0 Å². The van der Waals surface area contributed by atoms with E-state index in [1.54, 1.807) is 7.11 Å². The van der Waals surface area contributed by atoms with Gasteiger partial charge in [-0.2, -0.15) is 0 Å². The molecule has 0 aliphatic rings. The summed E-state index contributed by atoms with van der Waals surface area (Å²) in [6, 6.07) is 7.82. The van der Waals surface area contributed by atoms with Crippen molar-refractivity contribution >= 4 is 24.0 Å². The molecule has 1 atom stereocenters. The van der Waals surface area contributed by atoms with Crippen molar-refractivity contribution in [3.05, 3.63) is 35.7 Å². The van der Waals surface area contributed by atoms with Gasteiger partial charge in [0.05, 0.1) is 23.7 Å². The van der Waals surface area contributed by atoms with Crippen molar-refractivity contribution in [2.45, 2.75) is 26.1 Å². The molecule has 3 nitrogen and oxygen atoms in total. The van der Waals surface area contributed by atoms with Crippen LogP contribution in [0.5, 0.6) is 5.75 Å². The van der Waals surface area contributed by atoms with Gasteiger partial charge in [0.15, 0.2) is 0 Å². The second kappa shape index (κ2) is 7.00. The Kier molecular flexibility index (Phi) is 5.90. The zero-order valence-corrected chi connectivity index (χ0v) is 13.7. The van der Waals surface area contributed by atoms with E-state index >= 15 is 0 Å². The van der Waals surface area contributed by atoms with Gasteiger partial charge in [0.1, 0.15) is 11.6 Å². The van der Waals surface area contributed by atoms with Crippen LogP contribution in [-0.4, -0.2) is 17.1 Å². The van der Waals surface area contributed by atoms with Crippen LogP contribution in [0.15, 0.2) is 24.3 Å². The minimum Gasteiger partial charge on any atom is -0.496 e. The number of nitrogens with zero attached hydrogens (tertiary/aromatic N) is 1. The lowest BCUT2D eigenvalue weighted by molar-refractivity contribution is 0.416. The molecular weight excluding hydrogens is 295 g/mol. The number of imidazole rings is 1. The minimum absolute atomic E-state index is 0. The molecule has 0 aliphatic carbocycles. The topological polar surface area (TPSA) is 37.9 Å². The van der Waals surface area contributed by atoms with Gasteiger partial charge in [0.25, 0.3) is 0 Å². The zero-order valence-electron chi connectivity index (χ0n) is 12.1. The summed E-state index contributed by atoms with van der Waals surface area (Å²) >= 11 is 6.41. The number of alkyl halides is 1. The monoisotopic (exact) mass is 314 g/mol. The van der Waals surface area contributed by atoms with Crippen LogP contribution in [0.2, 0.25) is 0 Å². The maximum Gasteiger partial charge on any atom is 0.141 e. The number of aryl methyl sites for hydroxylation is 1. The molecular formula is C15H20Cl2N2O. The van der Waals surface area contributed by atoms with E-state index in [0.717, 1.165) is 28.5 Å². The molecule has 1 N–H and O–H groups in total. The van der Waals surface area contributed by atoms with Crippen LogP contribution < -0.4 is 4.74 Å². The lowest BCUT2D eigenvalue weighted by Crippen LogP contribution is -2.01. The summed E-state index contributed by atoms with van der Waals surface area (Å²) in [5.74, 6) is 1.95. The van der Waals surface area contributed by atoms with Crippen molar-refractivity contribution in [1.82, 2.24) is 9.97 Å². The van der Waals surface area contributed by atoms with Crippen LogP contribution in [0, 0.1) is 12.8 Å². The number of ether oxygens (including phenoxy) is 1. The summed E-state index contributed by atoms with van der Waals surface area (Å²) in [7, 11) is 1.66. The first kappa shape index (κ1) is 16.9. The molecule has 1 heterocycles. The summed E-state index contributed by atoms with van der Waals surface area (Å²) < 4.78 is 5.36. The Morgan fingerprint density at radius 2 is 1.90 bits per heavy atom. The number of aromatic nitrogens is 2. The third-order valence-corrected chi connectivity index (χ3v) is 3.84. The maximum absolute atomic E-state index is 6.41. The Labute approximate surface area is 131 Å². The molecule has 5 heteroatoms. The molecule has 1 unspecified atom stereocenters. The first-order valence-electron chi connectivity index (χ1n) is 6.38. The minimum atomic E-state index is -0.0836. The lowest BCUT2D eigenvalue weighted by atomic mass is 10.1. The molecule has 1 aromatic carbocycles. The third kappa shape index (κ3) is 3.28. The van der Waals surface area contributed by atoms with E-state index in [0.29, 0.717) is 5.92 Å². The number of H-pyrrole nitrogens is 1. The smallest absolute Gasteiger partial charge is 0.141 e. The Hall–Kier alpha value is -1.19. The predicted octanol–water partition coefficient (Wildman–Crippen LogP) is 4.75. The summed E-state index contributed by atoms with van der Waals surface area (Å²) in [5, 5.41) is -0.0836. The average molecular weight is 315 g/mol. The van der Waals surface area contributed by atoms with Crippen molar-refractivity contribution in [2.75, 3.05) is 7.11 Å². The van der Waals surface area contributed by atoms with Gasteiger partial charge in [0.2, 0.25) is 0 Å². The van der Waals surface area contributed by atoms with Crippen molar-refractivity contribution in [3.8, 4) is 17.1 Å². The van der Waals surface area contributed by atoms with Crippen LogP contribution in [0.25, 0.3) is 11.4 Å². The predicted molar refractivity (Wildman–Crippen MR) is 86.0 cm³/mol. The molecule has 0 bridgehead atoms. The number of para-hydroxylation sites is 1. The largest absolute Gasteiger partial charge is 0.496 e. The molecule has 110 valence electrons. The summed E-state index contributed by atoms with van der Waals surface area (Å²) in [4.78, 5) is 7.94. The van der Waals surface area contributed by atoms with Crippen LogP contribution >= 0.6 is 24.0 Å². The van der Waals surface area contributed by atoms with Crippen LogP contribution in [0.3, 0.4) is 0 Å². The fourth-order valence-corrected chi connectivity index (χ4v) is 2.24. The van der Waals surface area contributed by atoms with Crippen LogP contribution in [0.4, 0.5) is 0 Å². The van der Waals surface area contributed by atoms with Gasteiger partial charge in [0, 0.05) is 5.69 Å². The highest BCUT2D eigenvalue weighted by Gasteiger charge is 2.20. The first-order chi connectivity index (χ1) is 9.04. The molecule has 0 saturated heterocycles. The number of rotatable bonds is 4. The molecule has 0 aliphatic heterocycles. The standard InChI is InChI=1S/C15H19ClN2O.ClH/c1-9(2)13(16)14-10(3)17-15(18-14)11-7-5-6-8-12(11)19-4;/h5-9,13H,1-4H3,(H,17,18);1H. The normalized spacial score (nSPS) is 12.1. The second-order valence-corrected chi connectivity index (χ2v) is 5.41. The van der Waals surface area contributed by atoms with E-state index in [1.807, 2.05) is 31.2 Å². The van der Waals surface area contributed by atoms with Crippen LogP contribution in [0.1, 0.15) is 30.6 Å². The number of methoxy groups -OCH3 is 1. The number of benzene rings is 1. The van der Waals surface area contributed by atoms with Gasteiger partial charge in [-0.1, -0.05) is 26.0 Å². The summed E-state index contributed by atoms with van der Waals surface area (Å²) in [6.45, 7) is 6.18. The molecule has 0 fully saturated rings. The second-order valence-electron chi connectivity index (χ2n) is 4.94. The van der Waals surface area contributed by atoms with E-state index in [2.05, 4.69) is 23.8 Å². The van der Waals surface area contributed by atoms with Crippen LogP contribution in [-0.2, 0) is 0 Å². The lowest BCUT2D eigenvalue weighted by Gasteiger charge is -2.11. The number of aromatic amines is 1. The fraction of sp³-hybridized carbons (Fsp3) is 0.400. The number of nitrogens with one attached hydrogen (secondary N) is 1. The Bertz CT molecular complexity index is 567. The molecule has 1 aromatic heterocycles. The average Bonchev–Trinajstić information content (AvgIpc) is 2.79. The number of halogens is 2. The molecule has 2 rings (SSSR count). The Morgan fingerprint density at radius 3 is 2.50 bits per heavy atom. The first-order valence-corrected chi connectivity index (χ1v) is 6.82. The van der Waals surface area contributed by atoms with E-state index in [1.165, 1.54) is 0 Å². The SMILES string of the molecule is COc1ccccc1-c1nc(C(Cl)C(C)C)c(C)[nH]1.Cl.